The van der Waals surface area contributed by atoms with Gasteiger partial charge in [0.15, 0.2) is 0 Å². The molecular weight excluding hydrogens is 443 g/mol. The Morgan fingerprint density at radius 2 is 2.00 bits per heavy atom. The molecule has 63 valence electrons. The van der Waals surface area contributed by atoms with E-state index in [1.807, 2.05) is 0 Å². The molecule has 0 amide bonds. The minimum absolute atomic E-state index is 0. The molecule has 0 spiro atoms. The van der Waals surface area contributed by atoms with E-state index in [4.69, 9.17) is 0 Å². The van der Waals surface area contributed by atoms with Gasteiger partial charge in [-0.3, -0.25) is 0 Å². The van der Waals surface area contributed by atoms with E-state index in [-0.39, 0.29) is 25.8 Å². The summed E-state index contributed by atoms with van der Waals surface area (Å²) in [4.78, 5) is 0. The van der Waals surface area contributed by atoms with E-state index in [1.165, 1.54) is 20.0 Å². The van der Waals surface area contributed by atoms with Crippen LogP contribution in [0.2, 0.25) is 0 Å². The monoisotopic (exact) mass is 453 g/mol. The summed E-state index contributed by atoms with van der Waals surface area (Å²) in [5.41, 5.74) is 1.43. The van der Waals surface area contributed by atoms with Crippen LogP contribution in [0.1, 0.15) is 26.3 Å². The standard InChI is InChI=1S/C7H9INS.Re/c1-7(2,3)5-4-9-10-6(5)8;/h1-3H3;/q-1;. The van der Waals surface area contributed by atoms with E-state index < -0.39 is 0 Å². The second-order valence-electron chi connectivity index (χ2n) is 3.19. The van der Waals surface area contributed by atoms with Crippen LogP contribution in [0.4, 0.5) is 0 Å². The maximum Gasteiger partial charge on any atom is 0 e. The Morgan fingerprint density at radius 1 is 1.45 bits per heavy atom. The molecule has 11 heavy (non-hydrogen) atoms. The molecule has 0 aliphatic heterocycles. The predicted octanol–water partition coefficient (Wildman–Crippen LogP) is 2.84. The van der Waals surface area contributed by atoms with E-state index in [2.05, 4.69) is 53.9 Å². The zero-order valence-electron chi connectivity index (χ0n) is 6.61. The predicted molar refractivity (Wildman–Crippen MR) is 52.4 cm³/mol. The van der Waals surface area contributed by atoms with Crippen molar-refractivity contribution >= 4 is 34.1 Å². The number of rotatable bonds is 0. The average molecular weight is 452 g/mol. The summed E-state index contributed by atoms with van der Waals surface area (Å²) in [6.07, 6.45) is 3.01. The minimum atomic E-state index is 0. The molecule has 1 rings (SSSR count). The summed E-state index contributed by atoms with van der Waals surface area (Å²) in [5, 5.41) is 0. The molecule has 1 radical (unpaired) electrons. The Labute approximate surface area is 98.9 Å². The van der Waals surface area contributed by atoms with Gasteiger partial charge in [-0.15, -0.1) is 6.20 Å². The van der Waals surface area contributed by atoms with Crippen molar-refractivity contribution in [2.24, 2.45) is 0 Å². The Morgan fingerprint density at radius 3 is 2.18 bits per heavy atom. The Balaban J connectivity index is 0.000001000. The van der Waals surface area contributed by atoms with Gasteiger partial charge in [0, 0.05) is 20.4 Å². The summed E-state index contributed by atoms with van der Waals surface area (Å²) in [6, 6.07) is 0. The van der Waals surface area contributed by atoms with Crippen molar-refractivity contribution in [1.82, 2.24) is 4.37 Å². The molecule has 1 aromatic heterocycles. The zero-order valence-corrected chi connectivity index (χ0v) is 12.3. The molecule has 0 atom stereocenters. The normalized spacial score (nSPS) is 10.9. The van der Waals surface area contributed by atoms with Crippen LogP contribution in [-0.4, -0.2) is 4.37 Å². The SMILES string of the molecule is CC(C)(C)c1[c-]nsc1I.[Re]. The minimum Gasteiger partial charge on any atom is -0.324 e. The molecule has 0 saturated carbocycles. The van der Waals surface area contributed by atoms with Crippen LogP contribution in [0.3, 0.4) is 0 Å². The van der Waals surface area contributed by atoms with Crippen molar-refractivity contribution in [1.29, 1.82) is 0 Å². The van der Waals surface area contributed by atoms with Gasteiger partial charge in [0.2, 0.25) is 0 Å². The third kappa shape index (κ3) is 3.10. The Bertz CT molecular complexity index is 229. The van der Waals surface area contributed by atoms with Gasteiger partial charge in [-0.2, -0.15) is 39.7 Å². The molecule has 0 aliphatic rings. The van der Waals surface area contributed by atoms with Crippen molar-refractivity contribution < 1.29 is 20.4 Å². The maximum absolute atomic E-state index is 4.00. The van der Waals surface area contributed by atoms with Crippen LogP contribution in [0.15, 0.2) is 0 Å². The Kier molecular flexibility index (Phi) is 4.71. The van der Waals surface area contributed by atoms with Gasteiger partial charge in [0.1, 0.15) is 0 Å². The van der Waals surface area contributed by atoms with Gasteiger partial charge in [-0.1, -0.05) is 23.7 Å². The summed E-state index contributed by atoms with van der Waals surface area (Å²) in [5.74, 6) is 0. The van der Waals surface area contributed by atoms with E-state index in [1.54, 1.807) is 0 Å². The average Bonchev–Trinajstić information content (AvgIpc) is 2.11. The van der Waals surface area contributed by atoms with Crippen molar-refractivity contribution in [2.45, 2.75) is 26.2 Å². The van der Waals surface area contributed by atoms with Crippen LogP contribution in [0, 0.1) is 9.08 Å². The Hall–Kier alpha value is 1.02. The fourth-order valence-electron chi connectivity index (χ4n) is 0.661. The van der Waals surface area contributed by atoms with Gasteiger partial charge in [-0.05, 0) is 5.41 Å². The summed E-state index contributed by atoms with van der Waals surface area (Å²) >= 11 is 3.82. The van der Waals surface area contributed by atoms with Crippen molar-refractivity contribution in [2.75, 3.05) is 0 Å². The van der Waals surface area contributed by atoms with Crippen molar-refractivity contribution in [3.63, 3.8) is 0 Å². The molecule has 0 fully saturated rings. The van der Waals surface area contributed by atoms with Crippen LogP contribution >= 0.6 is 34.1 Å². The summed E-state index contributed by atoms with van der Waals surface area (Å²) in [6.45, 7) is 6.53. The second-order valence-corrected chi connectivity index (χ2v) is 5.78. The molecule has 0 saturated heterocycles. The third-order valence-corrected chi connectivity index (χ3v) is 2.91. The number of nitrogens with zero attached hydrogens (tertiary/aromatic N) is 1. The summed E-state index contributed by atoms with van der Waals surface area (Å²) in [7, 11) is 0. The molecule has 0 aromatic carbocycles. The quantitative estimate of drug-likeness (QED) is 0.436. The van der Waals surface area contributed by atoms with Crippen LogP contribution in [-0.2, 0) is 25.8 Å². The van der Waals surface area contributed by atoms with Gasteiger partial charge in [0.25, 0.3) is 0 Å². The molecule has 0 aliphatic carbocycles. The maximum atomic E-state index is 4.00. The van der Waals surface area contributed by atoms with Crippen LogP contribution < -0.4 is 0 Å². The van der Waals surface area contributed by atoms with Crippen LogP contribution in [0.5, 0.6) is 0 Å². The topological polar surface area (TPSA) is 12.9 Å². The van der Waals surface area contributed by atoms with E-state index in [0.717, 1.165) is 0 Å². The number of hydrogen-bond donors (Lipinski definition) is 0. The van der Waals surface area contributed by atoms with Crippen molar-refractivity contribution in [3.8, 4) is 0 Å². The molecule has 4 heteroatoms. The molecule has 0 N–H and O–H groups in total. The molecule has 1 aromatic rings. The molecule has 0 bridgehead atoms. The van der Waals surface area contributed by atoms with Gasteiger partial charge < -0.3 is 4.37 Å². The van der Waals surface area contributed by atoms with Crippen molar-refractivity contribution in [3.05, 3.63) is 14.6 Å². The van der Waals surface area contributed by atoms with Gasteiger partial charge in [-0.25, -0.2) is 0 Å². The fourth-order valence-corrected chi connectivity index (χ4v) is 2.55. The summed E-state index contributed by atoms with van der Waals surface area (Å²) < 4.78 is 5.25. The first-order valence-electron chi connectivity index (χ1n) is 3.05. The van der Waals surface area contributed by atoms with E-state index in [9.17, 15) is 0 Å². The second kappa shape index (κ2) is 4.31. The van der Waals surface area contributed by atoms with Crippen LogP contribution in [0.25, 0.3) is 0 Å². The fraction of sp³-hybridized carbons (Fsp3) is 0.571. The van der Waals surface area contributed by atoms with Gasteiger partial charge in [0.05, 0.1) is 0 Å². The first-order chi connectivity index (χ1) is 4.52. The molecule has 1 nitrogen and oxygen atoms in total. The smallest absolute Gasteiger partial charge is 0 e. The molecule has 0 unspecified atom stereocenters. The first-order valence-corrected chi connectivity index (χ1v) is 4.90. The number of halogens is 1. The largest absolute Gasteiger partial charge is 0.324 e. The van der Waals surface area contributed by atoms with Gasteiger partial charge >= 0.3 is 0 Å². The number of hydrogen-bond acceptors (Lipinski definition) is 2. The molecular formula is C7H9INReS-. The van der Waals surface area contributed by atoms with E-state index >= 15 is 0 Å². The molecule has 1 heterocycles. The number of aromatic nitrogens is 1. The zero-order chi connectivity index (χ0) is 7.78. The first kappa shape index (κ1) is 12.0. The van der Waals surface area contributed by atoms with E-state index in [0.29, 0.717) is 0 Å². The third-order valence-electron chi connectivity index (χ3n) is 1.23.